The molecule has 22 aromatic rings. The van der Waals surface area contributed by atoms with Gasteiger partial charge in [-0.1, -0.05) is 264 Å². The van der Waals surface area contributed by atoms with Crippen LogP contribution in [0.25, 0.3) is 114 Å². The second-order valence-electron chi connectivity index (χ2n) is 34.8. The Morgan fingerprint density at radius 3 is 1.33 bits per heavy atom. The fraction of sp³-hybridized carbons (Fsp3) is 0.133. The van der Waals surface area contributed by atoms with E-state index in [4.69, 9.17) is 25.3 Å². The van der Waals surface area contributed by atoms with E-state index in [1.165, 1.54) is 32.7 Å². The molecule has 12 aromatic carbocycles. The van der Waals surface area contributed by atoms with Gasteiger partial charge >= 0.3 is 0 Å². The molecule has 0 amide bonds. The maximum atomic E-state index is 12.8. The first-order valence-corrected chi connectivity index (χ1v) is 47.5. The van der Waals surface area contributed by atoms with Gasteiger partial charge in [-0.05, 0) is 191 Å². The highest BCUT2D eigenvalue weighted by Crippen LogP contribution is 2.37. The number of thiophene rings is 1. The summed E-state index contributed by atoms with van der Waals surface area (Å²) in [5.41, 5.74) is 21.4. The molecule has 0 fully saturated rings. The first-order valence-electron chi connectivity index (χ1n) is 46.3. The maximum Gasteiger partial charge on any atom is 0.277 e. The van der Waals surface area contributed by atoms with Gasteiger partial charge in [-0.2, -0.15) is 0 Å². The van der Waals surface area contributed by atoms with E-state index in [1.54, 1.807) is 49.7 Å². The summed E-state index contributed by atoms with van der Waals surface area (Å²) in [6.45, 7) is 13.9. The first-order chi connectivity index (χ1) is 68.5. The van der Waals surface area contributed by atoms with Crippen LogP contribution in [-0.4, -0.2) is 80.9 Å². The van der Waals surface area contributed by atoms with Gasteiger partial charge in [-0.15, -0.1) is 11.3 Å². The van der Waals surface area contributed by atoms with Gasteiger partial charge in [-0.3, -0.25) is 68.6 Å². The number of fused-ring (bicyclic) bond motifs is 9. The highest BCUT2D eigenvalue weighted by atomic mass is 35.5. The number of aromatic amines is 1. The van der Waals surface area contributed by atoms with Crippen LogP contribution >= 0.6 is 22.9 Å². The maximum absolute atomic E-state index is 12.8. The van der Waals surface area contributed by atoms with Gasteiger partial charge in [0.25, 0.3) is 11.1 Å². The average Bonchev–Trinajstić information content (AvgIpc) is 1.69. The molecule has 0 spiro atoms. The number of ketones is 5. The monoisotopic (exact) mass is 1890 g/mol. The second-order valence-corrected chi connectivity index (χ2v) is 36.2. The topological polar surface area (TPSA) is 266 Å². The third-order valence-electron chi connectivity index (χ3n) is 24.2. The van der Waals surface area contributed by atoms with Crippen molar-refractivity contribution in [1.29, 1.82) is 0 Å². The number of pyridine rings is 6. The molecule has 0 saturated carbocycles. The summed E-state index contributed by atoms with van der Waals surface area (Å²) in [5, 5.41) is 16.0. The molecule has 0 saturated heterocycles. The van der Waals surface area contributed by atoms with Gasteiger partial charge in [0, 0.05) is 139 Å². The van der Waals surface area contributed by atoms with Gasteiger partial charge in [-0.25, -0.2) is 4.68 Å². The number of carbonyl (C=O) groups excluding carboxylic acids is 5. The number of carbonyl (C=O) groups is 5. The fourth-order valence-electron chi connectivity index (χ4n) is 16.8. The molecule has 0 aliphatic heterocycles. The van der Waals surface area contributed by atoms with Crippen LogP contribution in [0.5, 0.6) is 5.75 Å². The van der Waals surface area contributed by atoms with Crippen molar-refractivity contribution in [2.24, 2.45) is 0 Å². The highest BCUT2D eigenvalue weighted by molar-refractivity contribution is 7.21. The Kier molecular flexibility index (Phi) is 30.0. The predicted octanol–water partition coefficient (Wildman–Crippen LogP) is 26.2. The summed E-state index contributed by atoms with van der Waals surface area (Å²) in [7, 11) is 1.61. The zero-order valence-corrected chi connectivity index (χ0v) is 80.6. The average molecular weight is 1890 g/mol. The minimum atomic E-state index is -0.303. The lowest BCUT2D eigenvalue weighted by Gasteiger charge is -2.09. The molecule has 10 heterocycles. The molecule has 0 unspecified atom stereocenters. The van der Waals surface area contributed by atoms with E-state index in [1.807, 2.05) is 302 Å². The van der Waals surface area contributed by atoms with E-state index in [0.29, 0.717) is 81.2 Å². The molecule has 141 heavy (non-hydrogen) atoms. The van der Waals surface area contributed by atoms with Crippen LogP contribution in [0, 0.1) is 48.5 Å². The smallest absolute Gasteiger partial charge is 0.277 e. The van der Waals surface area contributed by atoms with Crippen LogP contribution in [0.15, 0.2) is 364 Å². The van der Waals surface area contributed by atoms with Crippen molar-refractivity contribution in [2.45, 2.75) is 99.8 Å². The lowest BCUT2D eigenvalue weighted by molar-refractivity contribution is -0.119. The molecule has 0 radical (unpaired) electrons. The molecular weight excluding hydrogens is 1790 g/mol. The van der Waals surface area contributed by atoms with Crippen LogP contribution in [0.2, 0.25) is 5.02 Å². The molecule has 22 rings (SSSR count). The van der Waals surface area contributed by atoms with E-state index >= 15 is 0 Å². The number of rotatable bonds is 21. The number of nitrogens with one attached hydrogen (secondary N) is 1. The number of aromatic nitrogens is 9. The molecule has 21 heteroatoms. The van der Waals surface area contributed by atoms with Crippen molar-refractivity contribution >= 4 is 149 Å². The first kappa shape index (κ1) is 95.9. The highest BCUT2D eigenvalue weighted by Gasteiger charge is 2.23. The lowest BCUT2D eigenvalue weighted by Crippen LogP contribution is -2.28. The zero-order valence-electron chi connectivity index (χ0n) is 79.0. The third kappa shape index (κ3) is 23.4. The van der Waals surface area contributed by atoms with Gasteiger partial charge in [0.1, 0.15) is 22.9 Å². The molecule has 0 atom stereocenters. The van der Waals surface area contributed by atoms with E-state index in [2.05, 4.69) is 90.4 Å². The second kappa shape index (κ2) is 44.1. The van der Waals surface area contributed by atoms with E-state index in [-0.39, 0.29) is 52.9 Å². The standard InChI is InChI=1S/C22H18N2O3.C21H21NO.C20H14ClNOS.C20H15NO2.C20H19NO.C17H11N3O2/c1-14-6-7-16-4-3-5-17(22(16)23-14)12-20(25)19-13-21(27-24-19)15-8-10-18(26-2)11-9-15;1-15-6-9-17(10-7-15)11-13-20(23)14-19-5-3-4-18-12-8-16(2)22-21(18)19;1-12-9-10-13-5-4-6-14(19(13)22-12)11-16(23)20-18(21)15-7-2-3-8-17(15)24-20;1-13-9-10-14-6-4-7-16(20(14)21-13)11-17(22)19-12-15-5-2-3-8-18(15)23-19;1-14-6-9-16(10-7-14)12-19(22)13-18-5-3-4-17-11-8-15(2)21-20(17)18;21-16-12-7-1-2-8-13(12)17(22)20(19-16)14-9-3-5-11-6-4-10-18-15(11)14/h3-11,13H,12H2,1-2H3;3-10,12H,11,13-14H2,1-2H3;2-10H,11H2,1H3;2-10,12H,11H2,1H3;3-11H,12-13H2,1-2H3;1-10H,(H,19,21). The number of methoxy groups -OCH3 is 1. The van der Waals surface area contributed by atoms with E-state index in [9.17, 15) is 33.6 Å². The quantitative estimate of drug-likeness (QED) is 0.0655. The van der Waals surface area contributed by atoms with Crippen LogP contribution in [0.1, 0.15) is 116 Å². The number of furan rings is 1. The molecular formula is C120H98ClN9O10S. The summed E-state index contributed by atoms with van der Waals surface area (Å²) >= 11 is 7.89. The predicted molar refractivity (Wildman–Crippen MR) is 565 cm³/mol. The van der Waals surface area contributed by atoms with Gasteiger partial charge in [0.05, 0.1) is 66.6 Å². The zero-order chi connectivity index (χ0) is 98.2. The molecule has 0 aliphatic carbocycles. The van der Waals surface area contributed by atoms with E-state index in [0.717, 1.165) is 161 Å². The number of H-pyrrole nitrogens is 1. The molecule has 696 valence electrons. The van der Waals surface area contributed by atoms with Crippen molar-refractivity contribution in [3.05, 3.63) is 467 Å². The number of benzene rings is 12. The number of ether oxygens (including phenoxy) is 1. The molecule has 1 N–H and O–H groups in total. The SMILES string of the molecule is COc1ccc(-c2cc(C(=O)Cc3cccc4ccc(C)nc34)no2)cc1.Cc1ccc(CC(=O)Cc2cccc3ccc(C)nc23)cc1.Cc1ccc(CCC(=O)Cc2cccc3ccc(C)nc23)cc1.Cc1ccc2cccc(CC(=O)c3cc4ccccc4o3)c2n1.Cc1ccc2cccc(CC(=O)c3sc4ccccc4c3Cl)c2n1.O=c1[nH]n(-c2cccc3cccnc23)c(=O)c2ccccc12. The third-order valence-corrected chi connectivity index (χ3v) is 25.9. The fourth-order valence-corrected chi connectivity index (χ4v) is 18.3. The number of nitrogens with zero attached hydrogens (tertiary/aromatic N) is 8. The molecule has 0 aliphatic rings. The van der Waals surface area contributed by atoms with Crippen molar-refractivity contribution in [3.63, 3.8) is 0 Å². The van der Waals surface area contributed by atoms with Crippen LogP contribution in [0.3, 0.4) is 0 Å². The van der Waals surface area contributed by atoms with Crippen LogP contribution in [0.4, 0.5) is 0 Å². The van der Waals surface area contributed by atoms with Gasteiger partial charge in [0.2, 0.25) is 5.78 Å². The molecule has 0 bridgehead atoms. The Hall–Kier alpha value is -16.8. The van der Waals surface area contributed by atoms with Gasteiger partial charge in [0.15, 0.2) is 28.8 Å². The van der Waals surface area contributed by atoms with E-state index < -0.39 is 0 Å². The number of hydrogen-bond acceptors (Lipinski definition) is 18. The summed E-state index contributed by atoms with van der Waals surface area (Å²) in [6.07, 6.45) is 5.22. The van der Waals surface area contributed by atoms with Crippen LogP contribution in [-0.2, 0) is 54.5 Å². The summed E-state index contributed by atoms with van der Waals surface area (Å²) < 4.78 is 18.5. The summed E-state index contributed by atoms with van der Waals surface area (Å²) in [5.74, 6) is 2.10. The van der Waals surface area contributed by atoms with Crippen LogP contribution < -0.4 is 15.9 Å². The Labute approximate surface area is 822 Å². The summed E-state index contributed by atoms with van der Waals surface area (Å²) in [6, 6.07) is 109. The largest absolute Gasteiger partial charge is 0.497 e. The summed E-state index contributed by atoms with van der Waals surface area (Å²) in [4.78, 5) is 116. The number of para-hydroxylation sites is 7. The number of hydrogen-bond donors (Lipinski definition) is 1. The number of halogens is 1. The minimum Gasteiger partial charge on any atom is -0.497 e. The Bertz CT molecular complexity index is 8540. The lowest BCUT2D eigenvalue weighted by atomic mass is 10.00. The minimum absolute atomic E-state index is 0.0305. The van der Waals surface area contributed by atoms with Crippen molar-refractivity contribution < 1.29 is 37.6 Å². The molecule has 19 nitrogen and oxygen atoms in total. The Morgan fingerprint density at radius 1 is 0.390 bits per heavy atom. The van der Waals surface area contributed by atoms with Gasteiger partial charge < -0.3 is 13.7 Å². The Balaban J connectivity index is 0.000000117. The normalized spacial score (nSPS) is 11.0. The number of aryl methyl sites for hydroxylation is 8. The van der Waals surface area contributed by atoms with Crippen molar-refractivity contribution in [3.8, 4) is 22.8 Å². The Morgan fingerprint density at radius 2 is 0.823 bits per heavy atom. The molecule has 10 aromatic heterocycles. The van der Waals surface area contributed by atoms with Crippen molar-refractivity contribution in [2.75, 3.05) is 7.11 Å². The van der Waals surface area contributed by atoms with Crippen molar-refractivity contribution in [1.82, 2.24) is 44.8 Å². The number of Topliss-reactive ketones (excluding diaryl/α,β-unsaturated/α-hetero) is 5.